The monoisotopic (exact) mass is 310 g/mol. The maximum absolute atomic E-state index is 12.4. The Morgan fingerprint density at radius 2 is 1.76 bits per heavy atom. The third-order valence-corrected chi connectivity index (χ3v) is 4.09. The molecule has 0 aromatic heterocycles. The third-order valence-electron chi connectivity index (χ3n) is 3.74. The molecule has 0 saturated carbocycles. The molecule has 0 aliphatic rings. The van der Waals surface area contributed by atoms with E-state index in [1.54, 1.807) is 0 Å². The van der Waals surface area contributed by atoms with Crippen LogP contribution in [0.25, 0.3) is 0 Å². The van der Waals surface area contributed by atoms with Crippen LogP contribution in [0.1, 0.15) is 45.2 Å². The van der Waals surface area contributed by atoms with Gasteiger partial charge in [0, 0.05) is 24.2 Å². The van der Waals surface area contributed by atoms with Crippen LogP contribution in [0.15, 0.2) is 24.3 Å². The van der Waals surface area contributed by atoms with Gasteiger partial charge in [0.25, 0.3) is 0 Å². The average Bonchev–Trinajstić information content (AvgIpc) is 2.46. The van der Waals surface area contributed by atoms with Crippen LogP contribution >= 0.6 is 11.6 Å². The molecule has 1 amide bonds. The summed E-state index contributed by atoms with van der Waals surface area (Å²) in [5.74, 6) is 0.195. The molecule has 0 N–H and O–H groups in total. The molecule has 0 saturated heterocycles. The minimum absolute atomic E-state index is 0.118. The van der Waals surface area contributed by atoms with Gasteiger partial charge in [0.15, 0.2) is 0 Å². The summed E-state index contributed by atoms with van der Waals surface area (Å²) in [4.78, 5) is 16.4. The van der Waals surface area contributed by atoms with E-state index in [1.165, 1.54) is 0 Å². The van der Waals surface area contributed by atoms with E-state index in [4.69, 9.17) is 11.6 Å². The van der Waals surface area contributed by atoms with Gasteiger partial charge in [0.1, 0.15) is 0 Å². The quantitative estimate of drug-likeness (QED) is 0.725. The molecule has 1 unspecified atom stereocenters. The zero-order chi connectivity index (χ0) is 15.8. The third kappa shape index (κ3) is 5.33. The van der Waals surface area contributed by atoms with E-state index in [-0.39, 0.29) is 11.9 Å². The van der Waals surface area contributed by atoms with Gasteiger partial charge < -0.3 is 4.90 Å². The van der Waals surface area contributed by atoms with Crippen molar-refractivity contribution in [3.63, 3.8) is 0 Å². The standard InChI is InChI=1S/C17H27ClN2O/c1-5-11-20(12-6-2)17(21)13-19(4)14(3)15-9-7-8-10-16(15)18/h7-10,14H,5-6,11-13H2,1-4H3. The van der Waals surface area contributed by atoms with E-state index >= 15 is 0 Å². The zero-order valence-corrected chi connectivity index (χ0v) is 14.4. The second-order valence-corrected chi connectivity index (χ2v) is 5.90. The average molecular weight is 311 g/mol. The summed E-state index contributed by atoms with van der Waals surface area (Å²) in [6.45, 7) is 8.38. The van der Waals surface area contributed by atoms with Gasteiger partial charge in [-0.05, 0) is 38.4 Å². The highest BCUT2D eigenvalue weighted by Crippen LogP contribution is 2.26. The molecule has 0 aliphatic heterocycles. The number of carbonyl (C=O) groups is 1. The number of amides is 1. The normalized spacial score (nSPS) is 12.5. The molecular formula is C17H27ClN2O. The fourth-order valence-electron chi connectivity index (χ4n) is 2.40. The molecule has 1 aromatic carbocycles. The number of hydrogen-bond donors (Lipinski definition) is 0. The second-order valence-electron chi connectivity index (χ2n) is 5.49. The van der Waals surface area contributed by atoms with Gasteiger partial charge in [-0.15, -0.1) is 0 Å². The van der Waals surface area contributed by atoms with Crippen LogP contribution in [0.4, 0.5) is 0 Å². The van der Waals surface area contributed by atoms with Crippen LogP contribution in [0, 0.1) is 0 Å². The lowest BCUT2D eigenvalue weighted by Crippen LogP contribution is -2.40. The Balaban J connectivity index is 2.68. The lowest BCUT2D eigenvalue weighted by molar-refractivity contribution is -0.132. The summed E-state index contributed by atoms with van der Waals surface area (Å²) in [5, 5.41) is 0.753. The first-order valence-electron chi connectivity index (χ1n) is 7.73. The number of carbonyl (C=O) groups excluding carboxylic acids is 1. The molecule has 118 valence electrons. The van der Waals surface area contributed by atoms with E-state index in [1.807, 2.05) is 36.2 Å². The van der Waals surface area contributed by atoms with Crippen LogP contribution < -0.4 is 0 Å². The molecule has 1 aromatic rings. The highest BCUT2D eigenvalue weighted by Gasteiger charge is 2.19. The van der Waals surface area contributed by atoms with Crippen molar-refractivity contribution >= 4 is 17.5 Å². The molecule has 3 nitrogen and oxygen atoms in total. The predicted molar refractivity (Wildman–Crippen MR) is 89.7 cm³/mol. The van der Waals surface area contributed by atoms with Crippen molar-refractivity contribution in [3.05, 3.63) is 34.9 Å². The van der Waals surface area contributed by atoms with Crippen LogP contribution in [0.2, 0.25) is 5.02 Å². The molecule has 1 rings (SSSR count). The molecule has 21 heavy (non-hydrogen) atoms. The minimum atomic E-state index is 0.118. The van der Waals surface area contributed by atoms with Crippen molar-refractivity contribution in [1.82, 2.24) is 9.80 Å². The van der Waals surface area contributed by atoms with Crippen molar-refractivity contribution < 1.29 is 4.79 Å². The molecule has 1 atom stereocenters. The van der Waals surface area contributed by atoms with Crippen molar-refractivity contribution in [2.24, 2.45) is 0 Å². The fraction of sp³-hybridized carbons (Fsp3) is 0.588. The van der Waals surface area contributed by atoms with Crippen molar-refractivity contribution in [1.29, 1.82) is 0 Å². The summed E-state index contributed by atoms with van der Waals surface area (Å²) in [6.07, 6.45) is 1.99. The molecule has 4 heteroatoms. The van der Waals surface area contributed by atoms with Gasteiger partial charge in [0.2, 0.25) is 5.91 Å². The summed E-state index contributed by atoms with van der Waals surface area (Å²) in [5.41, 5.74) is 1.06. The van der Waals surface area contributed by atoms with Gasteiger partial charge in [-0.3, -0.25) is 9.69 Å². The van der Waals surface area contributed by atoms with Crippen LogP contribution in [-0.4, -0.2) is 42.4 Å². The number of halogens is 1. The van der Waals surface area contributed by atoms with E-state index in [0.29, 0.717) is 6.54 Å². The highest BCUT2D eigenvalue weighted by atomic mass is 35.5. The molecular weight excluding hydrogens is 284 g/mol. The van der Waals surface area contributed by atoms with E-state index in [0.717, 1.165) is 36.5 Å². The number of nitrogens with zero attached hydrogens (tertiary/aromatic N) is 2. The van der Waals surface area contributed by atoms with Crippen LogP contribution in [0.3, 0.4) is 0 Å². The van der Waals surface area contributed by atoms with Crippen LogP contribution in [0.5, 0.6) is 0 Å². The van der Waals surface area contributed by atoms with Gasteiger partial charge in [0.05, 0.1) is 6.54 Å². The Hall–Kier alpha value is -1.06. The topological polar surface area (TPSA) is 23.6 Å². The first kappa shape index (κ1) is 18.0. The van der Waals surface area contributed by atoms with Gasteiger partial charge >= 0.3 is 0 Å². The Bertz CT molecular complexity index is 444. The molecule has 0 spiro atoms. The summed E-state index contributed by atoms with van der Waals surface area (Å²) >= 11 is 6.24. The lowest BCUT2D eigenvalue weighted by atomic mass is 10.1. The largest absolute Gasteiger partial charge is 0.342 e. The maximum atomic E-state index is 12.4. The summed E-state index contributed by atoms with van der Waals surface area (Å²) in [7, 11) is 1.97. The van der Waals surface area contributed by atoms with Crippen molar-refractivity contribution in [2.75, 3.05) is 26.7 Å². The summed E-state index contributed by atoms with van der Waals surface area (Å²) in [6, 6.07) is 7.93. The van der Waals surface area contributed by atoms with E-state index in [2.05, 4.69) is 25.7 Å². The lowest BCUT2D eigenvalue weighted by Gasteiger charge is -2.29. The van der Waals surface area contributed by atoms with Gasteiger partial charge in [-0.25, -0.2) is 0 Å². The summed E-state index contributed by atoms with van der Waals surface area (Å²) < 4.78 is 0. The van der Waals surface area contributed by atoms with Crippen LogP contribution in [-0.2, 0) is 4.79 Å². The Morgan fingerprint density at radius 3 is 2.29 bits per heavy atom. The molecule has 0 aliphatic carbocycles. The SMILES string of the molecule is CCCN(CCC)C(=O)CN(C)C(C)c1ccccc1Cl. The maximum Gasteiger partial charge on any atom is 0.236 e. The van der Waals surface area contributed by atoms with Crippen molar-refractivity contribution in [2.45, 2.75) is 39.7 Å². The van der Waals surface area contributed by atoms with Crippen molar-refractivity contribution in [3.8, 4) is 0 Å². The highest BCUT2D eigenvalue weighted by molar-refractivity contribution is 6.31. The second kappa shape index (κ2) is 9.06. The predicted octanol–water partition coefficient (Wildman–Crippen LogP) is 3.98. The molecule has 0 fully saturated rings. The first-order chi connectivity index (χ1) is 10.0. The van der Waals surface area contributed by atoms with E-state index < -0.39 is 0 Å². The Morgan fingerprint density at radius 1 is 1.19 bits per heavy atom. The Labute approximate surface area is 133 Å². The molecule has 0 heterocycles. The Kier molecular flexibility index (Phi) is 7.76. The minimum Gasteiger partial charge on any atom is -0.342 e. The number of benzene rings is 1. The number of hydrogen-bond acceptors (Lipinski definition) is 2. The van der Waals surface area contributed by atoms with E-state index in [9.17, 15) is 4.79 Å². The fourth-order valence-corrected chi connectivity index (χ4v) is 2.70. The molecule has 0 bridgehead atoms. The van der Waals surface area contributed by atoms with Gasteiger partial charge in [-0.2, -0.15) is 0 Å². The van der Waals surface area contributed by atoms with Gasteiger partial charge in [-0.1, -0.05) is 43.6 Å². The zero-order valence-electron chi connectivity index (χ0n) is 13.6. The molecule has 0 radical (unpaired) electrons. The first-order valence-corrected chi connectivity index (χ1v) is 8.11. The number of rotatable bonds is 8. The smallest absolute Gasteiger partial charge is 0.236 e. The number of likely N-dealkylation sites (N-methyl/N-ethyl adjacent to an activating group) is 1.